The molecule has 20 heavy (non-hydrogen) atoms. The molecule has 6 heteroatoms. The Labute approximate surface area is 117 Å². The zero-order valence-corrected chi connectivity index (χ0v) is 11.3. The number of rotatable bonds is 3. The first-order valence-electron chi connectivity index (χ1n) is 6.47. The minimum atomic E-state index is -0.966. The van der Waals surface area contributed by atoms with Crippen LogP contribution >= 0.6 is 0 Å². The van der Waals surface area contributed by atoms with Gasteiger partial charge in [0.15, 0.2) is 0 Å². The third-order valence-corrected chi connectivity index (χ3v) is 3.38. The van der Waals surface area contributed by atoms with Gasteiger partial charge in [-0.2, -0.15) is 0 Å². The second-order valence-corrected chi connectivity index (χ2v) is 5.03. The van der Waals surface area contributed by atoms with Gasteiger partial charge in [0.25, 0.3) is 0 Å². The average molecular weight is 278 g/mol. The maximum Gasteiger partial charge on any atom is 0.335 e. The third-order valence-electron chi connectivity index (χ3n) is 3.38. The van der Waals surface area contributed by atoms with E-state index in [9.17, 15) is 14.7 Å². The quantitative estimate of drug-likeness (QED) is 0.864. The molecule has 0 bridgehead atoms. The fraction of sp³-hybridized carbons (Fsp3) is 0.429. The number of carbonyl (C=O) groups is 2. The zero-order valence-electron chi connectivity index (χ0n) is 11.3. The Kier molecular flexibility index (Phi) is 4.24. The van der Waals surface area contributed by atoms with Gasteiger partial charge in [-0.15, -0.1) is 0 Å². The van der Waals surface area contributed by atoms with Crippen molar-refractivity contribution in [1.82, 2.24) is 9.80 Å². The van der Waals surface area contributed by atoms with Crippen molar-refractivity contribution in [2.24, 2.45) is 0 Å². The summed E-state index contributed by atoms with van der Waals surface area (Å²) < 4.78 is 0. The number of urea groups is 1. The molecule has 0 radical (unpaired) electrons. The predicted octanol–water partition coefficient (Wildman–Crippen LogP) is 1.00. The Balaban J connectivity index is 1.95. The summed E-state index contributed by atoms with van der Waals surface area (Å²) in [5.74, 6) is -0.966. The maximum atomic E-state index is 12.1. The van der Waals surface area contributed by atoms with Gasteiger partial charge in [-0.25, -0.2) is 9.59 Å². The summed E-state index contributed by atoms with van der Waals surface area (Å²) in [6.07, 6.45) is 0.189. The minimum Gasteiger partial charge on any atom is -0.478 e. The van der Waals surface area contributed by atoms with Gasteiger partial charge in [-0.1, -0.05) is 12.1 Å². The largest absolute Gasteiger partial charge is 0.478 e. The molecule has 0 spiro atoms. The van der Waals surface area contributed by atoms with Gasteiger partial charge in [0.1, 0.15) is 0 Å². The van der Waals surface area contributed by atoms with Crippen molar-refractivity contribution < 1.29 is 19.8 Å². The second kappa shape index (κ2) is 5.92. The van der Waals surface area contributed by atoms with Crippen LogP contribution in [-0.2, 0) is 6.54 Å². The molecule has 1 atom stereocenters. The zero-order chi connectivity index (χ0) is 14.7. The van der Waals surface area contributed by atoms with Crippen LogP contribution in [0, 0.1) is 0 Å². The Morgan fingerprint density at radius 2 is 2.00 bits per heavy atom. The second-order valence-electron chi connectivity index (χ2n) is 5.03. The smallest absolute Gasteiger partial charge is 0.335 e. The van der Waals surface area contributed by atoms with Crippen molar-refractivity contribution in [3.8, 4) is 0 Å². The van der Waals surface area contributed by atoms with E-state index in [0.29, 0.717) is 26.1 Å². The summed E-state index contributed by atoms with van der Waals surface area (Å²) in [6, 6.07) is 6.33. The van der Waals surface area contributed by atoms with Crippen LogP contribution in [0.4, 0.5) is 4.79 Å². The lowest BCUT2D eigenvalue weighted by molar-refractivity contribution is 0.0696. The van der Waals surface area contributed by atoms with E-state index >= 15 is 0 Å². The Morgan fingerprint density at radius 3 is 2.50 bits per heavy atom. The fourth-order valence-corrected chi connectivity index (χ4v) is 2.25. The van der Waals surface area contributed by atoms with Crippen LogP contribution in [0.3, 0.4) is 0 Å². The molecule has 108 valence electrons. The number of β-amino-alcohol motifs (C(OH)–C–C–N with tert-alkyl or cyclic N) is 1. The van der Waals surface area contributed by atoms with E-state index in [2.05, 4.69) is 0 Å². The van der Waals surface area contributed by atoms with Gasteiger partial charge in [0.2, 0.25) is 0 Å². The Bertz CT molecular complexity index is 500. The third kappa shape index (κ3) is 3.27. The number of aliphatic hydroxyl groups is 1. The SMILES string of the molecule is CN(Cc1ccc(C(=O)O)cc1)C(=O)N1CCC(O)C1. The minimum absolute atomic E-state index is 0.121. The standard InChI is InChI=1S/C14H18N2O4/c1-15(14(20)16-7-6-12(17)9-16)8-10-2-4-11(5-3-10)13(18)19/h2-5,12,17H,6-9H2,1H3,(H,18,19). The number of nitrogens with zero attached hydrogens (tertiary/aromatic N) is 2. The van der Waals surface area contributed by atoms with Crippen molar-refractivity contribution in [2.75, 3.05) is 20.1 Å². The molecule has 1 heterocycles. The van der Waals surface area contributed by atoms with E-state index in [1.165, 1.54) is 12.1 Å². The molecule has 1 aliphatic heterocycles. The molecular formula is C14H18N2O4. The van der Waals surface area contributed by atoms with Gasteiger partial charge in [0, 0.05) is 26.7 Å². The molecule has 1 fully saturated rings. The van der Waals surface area contributed by atoms with Gasteiger partial charge < -0.3 is 20.0 Å². The first kappa shape index (κ1) is 14.3. The highest BCUT2D eigenvalue weighted by molar-refractivity contribution is 5.87. The molecule has 1 aliphatic rings. The Morgan fingerprint density at radius 1 is 1.35 bits per heavy atom. The number of carboxylic acids is 1. The summed E-state index contributed by atoms with van der Waals surface area (Å²) in [5.41, 5.74) is 1.09. The average Bonchev–Trinajstić information content (AvgIpc) is 2.85. The maximum absolute atomic E-state index is 12.1. The normalized spacial score (nSPS) is 18.1. The number of hydrogen-bond donors (Lipinski definition) is 2. The first-order valence-corrected chi connectivity index (χ1v) is 6.47. The fourth-order valence-electron chi connectivity index (χ4n) is 2.25. The van der Waals surface area contributed by atoms with Crippen LogP contribution in [0.1, 0.15) is 22.3 Å². The highest BCUT2D eigenvalue weighted by atomic mass is 16.4. The molecule has 6 nitrogen and oxygen atoms in total. The summed E-state index contributed by atoms with van der Waals surface area (Å²) >= 11 is 0. The number of amides is 2. The van der Waals surface area contributed by atoms with E-state index in [-0.39, 0.29) is 11.6 Å². The van der Waals surface area contributed by atoms with Crippen LogP contribution in [0.15, 0.2) is 24.3 Å². The first-order chi connectivity index (χ1) is 9.47. The molecule has 0 saturated carbocycles. The lowest BCUT2D eigenvalue weighted by atomic mass is 10.1. The van der Waals surface area contributed by atoms with Crippen molar-refractivity contribution >= 4 is 12.0 Å². The molecular weight excluding hydrogens is 260 g/mol. The monoisotopic (exact) mass is 278 g/mol. The number of likely N-dealkylation sites (tertiary alicyclic amines) is 1. The van der Waals surface area contributed by atoms with E-state index < -0.39 is 12.1 Å². The summed E-state index contributed by atoms with van der Waals surface area (Å²) in [7, 11) is 1.69. The molecule has 1 aromatic rings. The van der Waals surface area contributed by atoms with E-state index in [0.717, 1.165) is 5.56 Å². The molecule has 2 rings (SSSR count). The number of hydrogen-bond acceptors (Lipinski definition) is 3. The number of carboxylic acid groups (broad SMARTS) is 1. The number of benzene rings is 1. The van der Waals surface area contributed by atoms with E-state index in [1.807, 2.05) is 0 Å². The molecule has 2 amide bonds. The summed E-state index contributed by atoms with van der Waals surface area (Å²) in [5, 5.41) is 18.3. The highest BCUT2D eigenvalue weighted by Crippen LogP contribution is 2.13. The predicted molar refractivity (Wildman–Crippen MR) is 72.5 cm³/mol. The summed E-state index contributed by atoms with van der Waals surface area (Å²) in [4.78, 5) is 26.1. The molecule has 2 N–H and O–H groups in total. The topological polar surface area (TPSA) is 81.1 Å². The van der Waals surface area contributed by atoms with E-state index in [1.54, 1.807) is 29.0 Å². The molecule has 1 aromatic carbocycles. The van der Waals surface area contributed by atoms with Gasteiger partial charge >= 0.3 is 12.0 Å². The van der Waals surface area contributed by atoms with Gasteiger partial charge in [0.05, 0.1) is 11.7 Å². The van der Waals surface area contributed by atoms with Crippen LogP contribution in [-0.4, -0.2) is 58.3 Å². The van der Waals surface area contributed by atoms with Crippen molar-refractivity contribution in [1.29, 1.82) is 0 Å². The van der Waals surface area contributed by atoms with Crippen LogP contribution in [0.5, 0.6) is 0 Å². The van der Waals surface area contributed by atoms with Gasteiger partial charge in [-0.3, -0.25) is 0 Å². The van der Waals surface area contributed by atoms with Crippen LogP contribution < -0.4 is 0 Å². The number of aromatic carboxylic acids is 1. The lowest BCUT2D eigenvalue weighted by Gasteiger charge is -2.24. The molecule has 1 unspecified atom stereocenters. The number of aliphatic hydroxyl groups excluding tert-OH is 1. The van der Waals surface area contributed by atoms with Crippen molar-refractivity contribution in [3.05, 3.63) is 35.4 Å². The van der Waals surface area contributed by atoms with Crippen LogP contribution in [0.2, 0.25) is 0 Å². The van der Waals surface area contributed by atoms with Gasteiger partial charge in [-0.05, 0) is 24.1 Å². The lowest BCUT2D eigenvalue weighted by Crippen LogP contribution is -2.39. The van der Waals surface area contributed by atoms with Crippen molar-refractivity contribution in [3.63, 3.8) is 0 Å². The molecule has 0 aliphatic carbocycles. The van der Waals surface area contributed by atoms with Crippen LogP contribution in [0.25, 0.3) is 0 Å². The summed E-state index contributed by atoms with van der Waals surface area (Å²) in [6.45, 7) is 1.36. The van der Waals surface area contributed by atoms with E-state index in [4.69, 9.17) is 5.11 Å². The molecule has 1 saturated heterocycles. The highest BCUT2D eigenvalue weighted by Gasteiger charge is 2.26. The number of carbonyl (C=O) groups excluding carboxylic acids is 1. The molecule has 0 aromatic heterocycles. The van der Waals surface area contributed by atoms with Crippen molar-refractivity contribution in [2.45, 2.75) is 19.1 Å². The Hall–Kier alpha value is -2.08.